The Morgan fingerprint density at radius 2 is 1.12 bits per heavy atom. The predicted molar refractivity (Wildman–Crippen MR) is 119 cm³/mol. The summed E-state index contributed by atoms with van der Waals surface area (Å²) >= 11 is 0. The van der Waals surface area contributed by atoms with Gasteiger partial charge in [-0.2, -0.15) is 0 Å². The number of benzene rings is 1. The summed E-state index contributed by atoms with van der Waals surface area (Å²) in [6.07, 6.45) is 0.932. The summed E-state index contributed by atoms with van der Waals surface area (Å²) < 4.78 is 10.5. The van der Waals surface area contributed by atoms with Gasteiger partial charge >= 0.3 is 0 Å². The number of allylic oxidation sites excluding steroid dienone is 4. The number of Topliss-reactive ketones (excluding diaryl/α,β-unsaturated/α-hetero) is 2. The minimum absolute atomic E-state index is 0.0914. The third-order valence-electron chi connectivity index (χ3n) is 6.21. The van der Waals surface area contributed by atoms with Crippen molar-refractivity contribution in [2.24, 2.45) is 10.8 Å². The molecule has 0 aromatic heterocycles. The molecular weight excluding hydrogens is 412 g/mol. The number of ether oxygens (including phenoxy) is 2. The standard InChI is InChI=1S/C25H32O7/c1-24(2)9-14(26)21(15(27)10-24)20(22-16(28)11-25(3,4)12-17(22)29)13-7-18(31-5)23(30)19(8-13)32-6/h7-8,20,26,28,30H,9-12H2,1-6H3. The molecule has 1 aromatic rings. The number of phenolic OH excluding ortho intramolecular Hbond substituents is 1. The molecule has 0 saturated heterocycles. The molecule has 0 saturated carbocycles. The van der Waals surface area contributed by atoms with Gasteiger partial charge < -0.3 is 24.8 Å². The monoisotopic (exact) mass is 444 g/mol. The minimum atomic E-state index is -1.01. The molecule has 174 valence electrons. The van der Waals surface area contributed by atoms with Crippen LogP contribution in [0.15, 0.2) is 34.8 Å². The Labute approximate surface area is 188 Å². The predicted octanol–water partition coefficient (Wildman–Crippen LogP) is 4.90. The van der Waals surface area contributed by atoms with Gasteiger partial charge in [-0.15, -0.1) is 0 Å². The molecule has 0 heterocycles. The van der Waals surface area contributed by atoms with Gasteiger partial charge in [0.15, 0.2) is 23.1 Å². The molecule has 3 N–H and O–H groups in total. The highest BCUT2D eigenvalue weighted by molar-refractivity contribution is 6.05. The first-order valence-electron chi connectivity index (χ1n) is 10.7. The van der Waals surface area contributed by atoms with Crippen LogP contribution in [0, 0.1) is 10.8 Å². The molecule has 0 unspecified atom stereocenters. The van der Waals surface area contributed by atoms with E-state index >= 15 is 0 Å². The zero-order chi connectivity index (χ0) is 24.0. The van der Waals surface area contributed by atoms with Crippen molar-refractivity contribution < 1.29 is 34.4 Å². The van der Waals surface area contributed by atoms with Gasteiger partial charge in [0.05, 0.1) is 14.2 Å². The number of carbonyl (C=O) groups is 2. The second-order valence-electron chi connectivity index (χ2n) is 10.3. The molecule has 0 bridgehead atoms. The normalized spacial score (nSPS) is 20.7. The summed E-state index contributed by atoms with van der Waals surface area (Å²) in [6, 6.07) is 3.01. The number of rotatable bonds is 5. The van der Waals surface area contributed by atoms with E-state index in [4.69, 9.17) is 9.47 Å². The number of ketones is 2. The van der Waals surface area contributed by atoms with E-state index < -0.39 is 16.7 Å². The van der Waals surface area contributed by atoms with Crippen molar-refractivity contribution in [1.82, 2.24) is 0 Å². The largest absolute Gasteiger partial charge is 0.512 e. The van der Waals surface area contributed by atoms with Gasteiger partial charge in [-0.25, -0.2) is 0 Å². The van der Waals surface area contributed by atoms with Crippen LogP contribution in [0.4, 0.5) is 0 Å². The third kappa shape index (κ3) is 4.33. The maximum absolute atomic E-state index is 13.2. The van der Waals surface area contributed by atoms with Gasteiger partial charge in [-0.3, -0.25) is 9.59 Å². The fourth-order valence-corrected chi connectivity index (χ4v) is 4.82. The number of methoxy groups -OCH3 is 2. The van der Waals surface area contributed by atoms with Crippen molar-refractivity contribution >= 4 is 11.6 Å². The first-order valence-corrected chi connectivity index (χ1v) is 10.7. The molecule has 0 spiro atoms. The Balaban J connectivity index is 2.32. The molecule has 7 heteroatoms. The summed E-state index contributed by atoms with van der Waals surface area (Å²) in [6.45, 7) is 7.57. The highest BCUT2D eigenvalue weighted by Gasteiger charge is 2.44. The van der Waals surface area contributed by atoms with E-state index in [9.17, 15) is 24.9 Å². The van der Waals surface area contributed by atoms with Crippen LogP contribution in [0.3, 0.4) is 0 Å². The van der Waals surface area contributed by atoms with Crippen LogP contribution in [0.2, 0.25) is 0 Å². The maximum Gasteiger partial charge on any atom is 0.200 e. The van der Waals surface area contributed by atoms with Crippen LogP contribution in [0.5, 0.6) is 17.2 Å². The molecule has 2 aliphatic carbocycles. The summed E-state index contributed by atoms with van der Waals surface area (Å²) in [4.78, 5) is 26.5. The van der Waals surface area contributed by atoms with Crippen LogP contribution >= 0.6 is 0 Å². The zero-order valence-electron chi connectivity index (χ0n) is 19.5. The van der Waals surface area contributed by atoms with E-state index in [2.05, 4.69) is 0 Å². The summed E-state index contributed by atoms with van der Waals surface area (Å²) in [5.74, 6) is -1.80. The van der Waals surface area contributed by atoms with Crippen molar-refractivity contribution in [2.45, 2.75) is 59.3 Å². The second-order valence-corrected chi connectivity index (χ2v) is 10.3. The average molecular weight is 445 g/mol. The summed E-state index contributed by atoms with van der Waals surface area (Å²) in [7, 11) is 2.76. The van der Waals surface area contributed by atoms with E-state index in [0.717, 1.165) is 0 Å². The van der Waals surface area contributed by atoms with Gasteiger partial charge in [0.25, 0.3) is 0 Å². The van der Waals surface area contributed by atoms with Crippen LogP contribution in [0.1, 0.15) is 64.9 Å². The molecule has 32 heavy (non-hydrogen) atoms. The third-order valence-corrected chi connectivity index (χ3v) is 6.21. The van der Waals surface area contributed by atoms with E-state index in [1.807, 2.05) is 27.7 Å². The summed E-state index contributed by atoms with van der Waals surface area (Å²) in [5.41, 5.74) is -0.258. The summed E-state index contributed by atoms with van der Waals surface area (Å²) in [5, 5.41) is 32.3. The number of hydrogen-bond acceptors (Lipinski definition) is 7. The molecule has 2 aliphatic rings. The van der Waals surface area contributed by atoms with Gasteiger partial charge in [-0.05, 0) is 28.5 Å². The fraction of sp³-hybridized carbons (Fsp3) is 0.520. The Morgan fingerprint density at radius 3 is 1.44 bits per heavy atom. The molecule has 0 fully saturated rings. The SMILES string of the molecule is COc1cc(C(C2=C(O)CC(C)(C)CC2=O)C2=C(O)CC(C)(C)CC2=O)cc(OC)c1O. The van der Waals surface area contributed by atoms with Gasteiger partial charge in [0.2, 0.25) is 5.75 Å². The highest BCUT2D eigenvalue weighted by Crippen LogP contribution is 2.50. The number of carbonyl (C=O) groups excluding carboxylic acids is 2. The van der Waals surface area contributed by atoms with Gasteiger partial charge in [0, 0.05) is 42.7 Å². The van der Waals surface area contributed by atoms with Crippen molar-refractivity contribution in [1.29, 1.82) is 0 Å². The first kappa shape index (κ1) is 23.7. The lowest BCUT2D eigenvalue weighted by atomic mass is 9.67. The van der Waals surface area contributed by atoms with Crippen LogP contribution in [-0.2, 0) is 9.59 Å². The fourth-order valence-electron chi connectivity index (χ4n) is 4.82. The minimum Gasteiger partial charge on any atom is -0.512 e. The topological polar surface area (TPSA) is 113 Å². The van der Waals surface area contributed by atoms with Crippen molar-refractivity contribution in [2.75, 3.05) is 14.2 Å². The molecule has 3 rings (SSSR count). The lowest BCUT2D eigenvalue weighted by molar-refractivity contribution is -0.119. The first-order chi connectivity index (χ1) is 14.8. The number of aliphatic hydroxyl groups is 2. The van der Waals surface area contributed by atoms with Crippen LogP contribution in [0.25, 0.3) is 0 Å². The smallest absolute Gasteiger partial charge is 0.200 e. The molecule has 0 amide bonds. The van der Waals surface area contributed by atoms with E-state index in [1.54, 1.807) is 0 Å². The average Bonchev–Trinajstić information content (AvgIpc) is 2.64. The van der Waals surface area contributed by atoms with E-state index in [0.29, 0.717) is 5.56 Å². The van der Waals surface area contributed by atoms with E-state index in [1.165, 1.54) is 26.4 Å². The van der Waals surface area contributed by atoms with E-state index in [-0.39, 0.29) is 77.2 Å². The Morgan fingerprint density at radius 1 is 0.750 bits per heavy atom. The van der Waals surface area contributed by atoms with Crippen molar-refractivity contribution in [3.63, 3.8) is 0 Å². The number of phenols is 1. The lowest BCUT2D eigenvalue weighted by Crippen LogP contribution is -2.33. The second kappa shape index (κ2) is 8.19. The molecular formula is C25H32O7. The number of aromatic hydroxyl groups is 1. The Bertz CT molecular complexity index is 950. The highest BCUT2D eigenvalue weighted by atomic mass is 16.5. The Hall–Kier alpha value is -2.96. The van der Waals surface area contributed by atoms with Gasteiger partial charge in [0.1, 0.15) is 11.5 Å². The van der Waals surface area contributed by atoms with Crippen LogP contribution < -0.4 is 9.47 Å². The molecule has 0 radical (unpaired) electrons. The van der Waals surface area contributed by atoms with Gasteiger partial charge in [-0.1, -0.05) is 27.7 Å². The molecule has 7 nitrogen and oxygen atoms in total. The molecule has 0 aliphatic heterocycles. The molecule has 0 atom stereocenters. The van der Waals surface area contributed by atoms with Crippen molar-refractivity contribution in [3.8, 4) is 17.2 Å². The number of hydrogen-bond donors (Lipinski definition) is 3. The molecule has 1 aromatic carbocycles. The maximum atomic E-state index is 13.2. The van der Waals surface area contributed by atoms with Crippen LogP contribution in [-0.4, -0.2) is 41.1 Å². The number of aliphatic hydroxyl groups excluding tert-OH is 2. The zero-order valence-corrected chi connectivity index (χ0v) is 19.5. The Kier molecular flexibility index (Phi) is 6.06. The quantitative estimate of drug-likeness (QED) is 0.592. The lowest BCUT2D eigenvalue weighted by Gasteiger charge is -2.36. The van der Waals surface area contributed by atoms with Crippen molar-refractivity contribution in [3.05, 3.63) is 40.4 Å².